The molecule has 1 aliphatic rings. The van der Waals surface area contributed by atoms with Crippen LogP contribution in [0.3, 0.4) is 0 Å². The Bertz CT molecular complexity index is 372. The second-order valence-corrected chi connectivity index (χ2v) is 5.09. The molecule has 0 spiro atoms. The lowest BCUT2D eigenvalue weighted by atomic mass is 10.00. The van der Waals surface area contributed by atoms with Gasteiger partial charge in [-0.2, -0.15) is 0 Å². The summed E-state index contributed by atoms with van der Waals surface area (Å²) in [5.41, 5.74) is 1.09. The Hall–Kier alpha value is -1.42. The van der Waals surface area contributed by atoms with Crippen molar-refractivity contribution in [1.29, 1.82) is 0 Å². The van der Waals surface area contributed by atoms with E-state index in [4.69, 9.17) is 0 Å². The molecule has 0 radical (unpaired) electrons. The van der Waals surface area contributed by atoms with Gasteiger partial charge in [-0.05, 0) is 57.3 Å². The van der Waals surface area contributed by atoms with Crippen LogP contribution in [-0.4, -0.2) is 30.5 Å². The lowest BCUT2D eigenvalue weighted by Gasteiger charge is -2.13. The Morgan fingerprint density at radius 2 is 2.32 bits per heavy atom. The first-order valence-electron chi connectivity index (χ1n) is 7.24. The highest BCUT2D eigenvalue weighted by atomic mass is 16.1. The maximum Gasteiger partial charge on any atom is 0.223 e. The maximum absolute atomic E-state index is 12.0. The van der Waals surface area contributed by atoms with Gasteiger partial charge in [0.1, 0.15) is 0 Å². The zero-order chi connectivity index (χ0) is 13.3. The molecule has 2 heterocycles. The minimum atomic E-state index is 0.199. The van der Waals surface area contributed by atoms with Crippen LogP contribution in [0.2, 0.25) is 0 Å². The Labute approximate surface area is 115 Å². The minimum absolute atomic E-state index is 0.199. The quantitative estimate of drug-likeness (QED) is 0.790. The molecule has 1 fully saturated rings. The summed E-state index contributed by atoms with van der Waals surface area (Å²) >= 11 is 0. The van der Waals surface area contributed by atoms with Crippen molar-refractivity contribution >= 4 is 5.91 Å². The summed E-state index contributed by atoms with van der Waals surface area (Å²) in [6.07, 6.45) is 6.77. The molecule has 1 aromatic heterocycles. The van der Waals surface area contributed by atoms with Gasteiger partial charge < -0.3 is 10.6 Å². The number of carbonyl (C=O) groups excluding carboxylic acids is 1. The standard InChI is InChI=1S/C15H23N3O/c19-15(13-5-3-9-16-12-8-13)18-11-4-7-14-6-1-2-10-17-14/h1-2,6,10,13,16H,3-5,7-9,11-12H2,(H,18,19)/t13-/m0/s1. The highest BCUT2D eigenvalue weighted by molar-refractivity contribution is 5.78. The average molecular weight is 261 g/mol. The molecule has 19 heavy (non-hydrogen) atoms. The number of nitrogens with one attached hydrogen (secondary N) is 2. The predicted molar refractivity (Wildman–Crippen MR) is 75.8 cm³/mol. The fourth-order valence-corrected chi connectivity index (χ4v) is 2.45. The van der Waals surface area contributed by atoms with Crippen LogP contribution >= 0.6 is 0 Å². The molecule has 0 aliphatic carbocycles. The number of amides is 1. The summed E-state index contributed by atoms with van der Waals surface area (Å²) in [6, 6.07) is 5.95. The van der Waals surface area contributed by atoms with E-state index in [1.54, 1.807) is 0 Å². The SMILES string of the molecule is O=C(NCCCc1ccccn1)[C@H]1CCCNCC1. The van der Waals surface area contributed by atoms with Crippen molar-refractivity contribution < 1.29 is 4.79 Å². The molecule has 0 saturated carbocycles. The number of aryl methyl sites for hydroxylation is 1. The molecule has 0 unspecified atom stereocenters. The predicted octanol–water partition coefficient (Wildman–Crippen LogP) is 1.52. The summed E-state index contributed by atoms with van der Waals surface area (Å²) < 4.78 is 0. The van der Waals surface area contributed by atoms with Gasteiger partial charge in [0.25, 0.3) is 0 Å². The molecule has 4 heteroatoms. The van der Waals surface area contributed by atoms with Crippen LogP contribution in [0.4, 0.5) is 0 Å². The van der Waals surface area contributed by atoms with Crippen molar-refractivity contribution in [3.63, 3.8) is 0 Å². The first-order chi connectivity index (χ1) is 9.36. The van der Waals surface area contributed by atoms with E-state index in [9.17, 15) is 4.79 Å². The molecule has 1 saturated heterocycles. The maximum atomic E-state index is 12.0. The van der Waals surface area contributed by atoms with E-state index in [0.29, 0.717) is 0 Å². The Balaban J connectivity index is 1.63. The zero-order valence-electron chi connectivity index (χ0n) is 11.4. The number of hydrogen-bond acceptors (Lipinski definition) is 3. The molecule has 1 aliphatic heterocycles. The van der Waals surface area contributed by atoms with Crippen LogP contribution in [0.15, 0.2) is 24.4 Å². The van der Waals surface area contributed by atoms with Gasteiger partial charge in [0.05, 0.1) is 0 Å². The van der Waals surface area contributed by atoms with Gasteiger partial charge in [-0.1, -0.05) is 6.07 Å². The zero-order valence-corrected chi connectivity index (χ0v) is 11.4. The molecule has 1 amide bonds. The normalized spacial score (nSPS) is 19.7. The third kappa shape index (κ3) is 4.99. The van der Waals surface area contributed by atoms with Crippen LogP contribution in [-0.2, 0) is 11.2 Å². The number of nitrogens with zero attached hydrogens (tertiary/aromatic N) is 1. The molecule has 2 rings (SSSR count). The Morgan fingerprint density at radius 3 is 3.16 bits per heavy atom. The average Bonchev–Trinajstić information content (AvgIpc) is 2.73. The molecule has 4 nitrogen and oxygen atoms in total. The summed E-state index contributed by atoms with van der Waals surface area (Å²) in [5.74, 6) is 0.426. The smallest absolute Gasteiger partial charge is 0.223 e. The van der Waals surface area contributed by atoms with Gasteiger partial charge in [0.15, 0.2) is 0 Å². The monoisotopic (exact) mass is 261 g/mol. The molecule has 0 aromatic carbocycles. The molecule has 1 aromatic rings. The first-order valence-corrected chi connectivity index (χ1v) is 7.24. The van der Waals surface area contributed by atoms with Crippen LogP contribution < -0.4 is 10.6 Å². The van der Waals surface area contributed by atoms with Gasteiger partial charge >= 0.3 is 0 Å². The van der Waals surface area contributed by atoms with E-state index in [1.807, 2.05) is 24.4 Å². The fraction of sp³-hybridized carbons (Fsp3) is 0.600. The number of carbonyl (C=O) groups is 1. The molecular formula is C15H23N3O. The summed E-state index contributed by atoms with van der Waals surface area (Å²) in [4.78, 5) is 16.3. The Morgan fingerprint density at radius 1 is 1.37 bits per heavy atom. The Kier molecular flexibility index (Phi) is 5.82. The molecule has 1 atom stereocenters. The van der Waals surface area contributed by atoms with E-state index in [2.05, 4.69) is 15.6 Å². The topological polar surface area (TPSA) is 54.0 Å². The summed E-state index contributed by atoms with van der Waals surface area (Å²) in [6.45, 7) is 2.76. The molecule has 2 N–H and O–H groups in total. The molecular weight excluding hydrogens is 238 g/mol. The molecule has 104 valence electrons. The highest BCUT2D eigenvalue weighted by Crippen LogP contribution is 2.13. The van der Waals surface area contributed by atoms with Gasteiger partial charge in [-0.15, -0.1) is 0 Å². The fourth-order valence-electron chi connectivity index (χ4n) is 2.45. The largest absolute Gasteiger partial charge is 0.356 e. The minimum Gasteiger partial charge on any atom is -0.356 e. The van der Waals surface area contributed by atoms with Crippen LogP contribution in [0.25, 0.3) is 0 Å². The van der Waals surface area contributed by atoms with E-state index >= 15 is 0 Å². The highest BCUT2D eigenvalue weighted by Gasteiger charge is 2.18. The van der Waals surface area contributed by atoms with Crippen molar-refractivity contribution in [3.05, 3.63) is 30.1 Å². The van der Waals surface area contributed by atoms with Crippen LogP contribution in [0.5, 0.6) is 0 Å². The number of pyridine rings is 1. The first kappa shape index (κ1) is 14.0. The molecule has 0 bridgehead atoms. The van der Waals surface area contributed by atoms with Crippen LogP contribution in [0, 0.1) is 5.92 Å². The van der Waals surface area contributed by atoms with E-state index in [-0.39, 0.29) is 11.8 Å². The summed E-state index contributed by atoms with van der Waals surface area (Å²) in [5, 5.41) is 6.39. The number of rotatable bonds is 5. The number of aromatic nitrogens is 1. The second kappa shape index (κ2) is 7.89. The van der Waals surface area contributed by atoms with Gasteiger partial charge in [0.2, 0.25) is 5.91 Å². The second-order valence-electron chi connectivity index (χ2n) is 5.09. The van der Waals surface area contributed by atoms with Gasteiger partial charge in [-0.3, -0.25) is 9.78 Å². The summed E-state index contributed by atoms with van der Waals surface area (Å²) in [7, 11) is 0. The van der Waals surface area contributed by atoms with Crippen molar-refractivity contribution in [2.45, 2.75) is 32.1 Å². The number of hydrogen-bond donors (Lipinski definition) is 2. The lowest BCUT2D eigenvalue weighted by molar-refractivity contribution is -0.125. The van der Waals surface area contributed by atoms with Crippen molar-refractivity contribution in [1.82, 2.24) is 15.6 Å². The van der Waals surface area contributed by atoms with Crippen molar-refractivity contribution in [2.75, 3.05) is 19.6 Å². The third-order valence-electron chi connectivity index (χ3n) is 3.58. The third-order valence-corrected chi connectivity index (χ3v) is 3.58. The van der Waals surface area contributed by atoms with Gasteiger partial charge in [0, 0.05) is 24.4 Å². The van der Waals surface area contributed by atoms with E-state index < -0.39 is 0 Å². The van der Waals surface area contributed by atoms with Crippen LogP contribution in [0.1, 0.15) is 31.4 Å². The lowest BCUT2D eigenvalue weighted by Crippen LogP contribution is -2.32. The van der Waals surface area contributed by atoms with Crippen molar-refractivity contribution in [2.24, 2.45) is 5.92 Å². The van der Waals surface area contributed by atoms with E-state index in [1.165, 1.54) is 0 Å². The van der Waals surface area contributed by atoms with Gasteiger partial charge in [-0.25, -0.2) is 0 Å². The van der Waals surface area contributed by atoms with Crippen molar-refractivity contribution in [3.8, 4) is 0 Å². The van der Waals surface area contributed by atoms with E-state index in [0.717, 1.165) is 57.4 Å².